The number of carbonyl (C=O) groups is 1. The fourth-order valence-corrected chi connectivity index (χ4v) is 1.99. The first-order valence-electron chi connectivity index (χ1n) is 5.40. The lowest BCUT2D eigenvalue weighted by molar-refractivity contribution is -0.134. The quantitative estimate of drug-likeness (QED) is 0.405. The molecule has 0 saturated carbocycles. The summed E-state index contributed by atoms with van der Waals surface area (Å²) in [6.45, 7) is 6.72. The molecule has 0 aromatic carbocycles. The first-order chi connectivity index (χ1) is 6.98. The zero-order valence-electron chi connectivity index (χ0n) is 10.0. The maximum Gasteiger partial charge on any atom is 0.330 e. The molecule has 0 bridgehead atoms. The van der Waals surface area contributed by atoms with Crippen molar-refractivity contribution in [2.75, 3.05) is 7.11 Å². The summed E-state index contributed by atoms with van der Waals surface area (Å²) in [5, 5.41) is 0. The van der Waals surface area contributed by atoms with Crippen LogP contribution in [0.2, 0.25) is 0 Å². The number of allylic oxidation sites excluding steroid dienone is 3. The predicted octanol–water partition coefficient (Wildman–Crippen LogP) is 3.10. The van der Waals surface area contributed by atoms with Crippen LogP contribution in [0.4, 0.5) is 0 Å². The average molecular weight is 208 g/mol. The summed E-state index contributed by atoms with van der Waals surface area (Å²) in [5.74, 6) is 0.342. The minimum atomic E-state index is -0.268. The molecule has 84 valence electrons. The lowest BCUT2D eigenvalue weighted by Gasteiger charge is -2.28. The fourth-order valence-electron chi connectivity index (χ4n) is 1.99. The van der Waals surface area contributed by atoms with Crippen molar-refractivity contribution >= 4 is 5.97 Å². The highest BCUT2D eigenvalue weighted by Gasteiger charge is 2.33. The van der Waals surface area contributed by atoms with Gasteiger partial charge in [-0.2, -0.15) is 0 Å². The van der Waals surface area contributed by atoms with Crippen LogP contribution in [0.5, 0.6) is 0 Å². The number of esters is 1. The molecule has 0 aliphatic heterocycles. The molecule has 0 saturated heterocycles. The highest BCUT2D eigenvalue weighted by atomic mass is 16.5. The Bertz CT molecular complexity index is 298. The molecule has 0 fully saturated rings. The monoisotopic (exact) mass is 208 g/mol. The van der Waals surface area contributed by atoms with Crippen LogP contribution in [-0.4, -0.2) is 13.1 Å². The van der Waals surface area contributed by atoms with Gasteiger partial charge in [0.05, 0.1) is 7.11 Å². The van der Waals surface area contributed by atoms with E-state index >= 15 is 0 Å². The van der Waals surface area contributed by atoms with Crippen molar-refractivity contribution < 1.29 is 9.53 Å². The summed E-state index contributed by atoms with van der Waals surface area (Å²) >= 11 is 0. The first-order valence-corrected chi connectivity index (χ1v) is 5.40. The Morgan fingerprint density at radius 2 is 2.33 bits per heavy atom. The van der Waals surface area contributed by atoms with Gasteiger partial charge in [-0.05, 0) is 31.1 Å². The maximum absolute atomic E-state index is 10.9. The molecule has 0 spiro atoms. The summed E-state index contributed by atoms with van der Waals surface area (Å²) in [5.41, 5.74) is 1.72. The van der Waals surface area contributed by atoms with E-state index in [0.29, 0.717) is 5.92 Å². The molecule has 0 aromatic heterocycles. The molecule has 0 amide bonds. The molecule has 0 unspecified atom stereocenters. The summed E-state index contributed by atoms with van der Waals surface area (Å²) in [7, 11) is 1.40. The third-order valence-electron chi connectivity index (χ3n) is 3.62. The summed E-state index contributed by atoms with van der Waals surface area (Å²) in [6.07, 6.45) is 7.80. The molecular weight excluding hydrogens is 188 g/mol. The van der Waals surface area contributed by atoms with E-state index in [0.717, 1.165) is 12.8 Å². The van der Waals surface area contributed by atoms with E-state index in [1.54, 1.807) is 0 Å². The second-order valence-corrected chi connectivity index (χ2v) is 4.70. The molecule has 1 atom stereocenters. The summed E-state index contributed by atoms with van der Waals surface area (Å²) in [4.78, 5) is 10.9. The SMILES string of the molecule is COC(=O)C=CC[C@H]1CC=C(C)C1(C)C. The summed E-state index contributed by atoms with van der Waals surface area (Å²) in [6, 6.07) is 0. The Labute approximate surface area is 92.0 Å². The molecule has 1 aliphatic rings. The van der Waals surface area contributed by atoms with Crippen molar-refractivity contribution in [3.8, 4) is 0 Å². The van der Waals surface area contributed by atoms with Crippen molar-refractivity contribution in [2.45, 2.75) is 33.6 Å². The molecule has 1 aliphatic carbocycles. The molecule has 2 heteroatoms. The Kier molecular flexibility index (Phi) is 3.72. The van der Waals surface area contributed by atoms with E-state index in [2.05, 4.69) is 31.6 Å². The molecule has 0 radical (unpaired) electrons. The Balaban J connectivity index is 2.49. The van der Waals surface area contributed by atoms with Crippen LogP contribution < -0.4 is 0 Å². The number of ether oxygens (including phenoxy) is 1. The van der Waals surface area contributed by atoms with E-state index < -0.39 is 0 Å². The van der Waals surface area contributed by atoms with Gasteiger partial charge in [0, 0.05) is 6.08 Å². The third-order valence-corrected chi connectivity index (χ3v) is 3.62. The number of methoxy groups -OCH3 is 1. The average Bonchev–Trinajstić information content (AvgIpc) is 2.44. The van der Waals surface area contributed by atoms with Gasteiger partial charge < -0.3 is 4.74 Å². The Morgan fingerprint density at radius 3 is 2.80 bits per heavy atom. The van der Waals surface area contributed by atoms with E-state index in [1.165, 1.54) is 18.8 Å². The highest BCUT2D eigenvalue weighted by Crippen LogP contribution is 2.44. The largest absolute Gasteiger partial charge is 0.466 e. The van der Waals surface area contributed by atoms with Crippen LogP contribution in [0.3, 0.4) is 0 Å². The van der Waals surface area contributed by atoms with Gasteiger partial charge in [-0.3, -0.25) is 0 Å². The minimum Gasteiger partial charge on any atom is -0.466 e. The van der Waals surface area contributed by atoms with E-state index in [-0.39, 0.29) is 11.4 Å². The van der Waals surface area contributed by atoms with E-state index in [4.69, 9.17) is 0 Å². The second kappa shape index (κ2) is 4.65. The van der Waals surface area contributed by atoms with Crippen LogP contribution in [0.25, 0.3) is 0 Å². The van der Waals surface area contributed by atoms with Gasteiger partial charge in [0.1, 0.15) is 0 Å². The third kappa shape index (κ3) is 2.71. The van der Waals surface area contributed by atoms with E-state index in [1.807, 2.05) is 6.08 Å². The van der Waals surface area contributed by atoms with Gasteiger partial charge in [0.25, 0.3) is 0 Å². The van der Waals surface area contributed by atoms with Gasteiger partial charge in [-0.1, -0.05) is 31.6 Å². The lowest BCUT2D eigenvalue weighted by atomic mass is 9.76. The first kappa shape index (κ1) is 12.0. The number of rotatable bonds is 3. The van der Waals surface area contributed by atoms with Gasteiger partial charge in [-0.15, -0.1) is 0 Å². The van der Waals surface area contributed by atoms with Gasteiger partial charge in [0.15, 0.2) is 0 Å². The van der Waals surface area contributed by atoms with Crippen LogP contribution in [0.1, 0.15) is 33.6 Å². The minimum absolute atomic E-state index is 0.264. The lowest BCUT2D eigenvalue weighted by Crippen LogP contribution is -2.19. The molecule has 0 aromatic rings. The zero-order valence-corrected chi connectivity index (χ0v) is 10.0. The molecule has 0 N–H and O–H groups in total. The normalized spacial score (nSPS) is 24.3. The number of hydrogen-bond donors (Lipinski definition) is 0. The van der Waals surface area contributed by atoms with Gasteiger partial charge in [-0.25, -0.2) is 4.79 Å². The zero-order chi connectivity index (χ0) is 11.5. The molecule has 1 rings (SSSR count). The van der Waals surface area contributed by atoms with Crippen LogP contribution in [0.15, 0.2) is 23.8 Å². The van der Waals surface area contributed by atoms with Crippen LogP contribution >= 0.6 is 0 Å². The Hall–Kier alpha value is -1.05. The fraction of sp³-hybridized carbons (Fsp3) is 0.615. The van der Waals surface area contributed by atoms with Crippen LogP contribution in [-0.2, 0) is 9.53 Å². The molecule has 0 heterocycles. The predicted molar refractivity (Wildman–Crippen MR) is 61.4 cm³/mol. The summed E-state index contributed by atoms with van der Waals surface area (Å²) < 4.78 is 4.55. The number of carbonyl (C=O) groups excluding carboxylic acids is 1. The highest BCUT2D eigenvalue weighted by molar-refractivity contribution is 5.81. The van der Waals surface area contributed by atoms with Gasteiger partial charge in [0.2, 0.25) is 0 Å². The Morgan fingerprint density at radius 1 is 1.67 bits per heavy atom. The van der Waals surface area contributed by atoms with Crippen molar-refractivity contribution in [1.29, 1.82) is 0 Å². The van der Waals surface area contributed by atoms with Crippen molar-refractivity contribution in [2.24, 2.45) is 11.3 Å². The number of hydrogen-bond acceptors (Lipinski definition) is 2. The molecule has 15 heavy (non-hydrogen) atoms. The van der Waals surface area contributed by atoms with E-state index in [9.17, 15) is 4.79 Å². The molecule has 2 nitrogen and oxygen atoms in total. The van der Waals surface area contributed by atoms with Crippen molar-refractivity contribution in [3.63, 3.8) is 0 Å². The second-order valence-electron chi connectivity index (χ2n) is 4.70. The van der Waals surface area contributed by atoms with Crippen molar-refractivity contribution in [3.05, 3.63) is 23.8 Å². The van der Waals surface area contributed by atoms with Crippen molar-refractivity contribution in [1.82, 2.24) is 0 Å². The molecular formula is C13H20O2. The topological polar surface area (TPSA) is 26.3 Å². The van der Waals surface area contributed by atoms with Crippen LogP contribution in [0, 0.1) is 11.3 Å². The maximum atomic E-state index is 10.9. The standard InChI is InChI=1S/C13H20O2/c1-10-8-9-11(13(10,2)3)6-5-7-12(14)15-4/h5,7-8,11H,6,9H2,1-4H3/t11-/m0/s1. The smallest absolute Gasteiger partial charge is 0.330 e. The van der Waals surface area contributed by atoms with Gasteiger partial charge >= 0.3 is 5.97 Å².